The third-order valence-electron chi connectivity index (χ3n) is 4.51. The molecule has 0 fully saturated rings. The number of thiocarbonyl (C=S) groups is 1. The molecule has 1 aliphatic rings. The second-order valence-corrected chi connectivity index (χ2v) is 6.60. The summed E-state index contributed by atoms with van der Waals surface area (Å²) in [6.45, 7) is 8.31. The number of nitrogens with one attached hydrogen (secondary N) is 1. The first-order chi connectivity index (χ1) is 12.1. The Hall–Kier alpha value is -2.27. The van der Waals surface area contributed by atoms with E-state index in [9.17, 15) is 0 Å². The van der Waals surface area contributed by atoms with Crippen molar-refractivity contribution in [2.24, 2.45) is 0 Å². The molecule has 25 heavy (non-hydrogen) atoms. The Bertz CT molecular complexity index is 763. The summed E-state index contributed by atoms with van der Waals surface area (Å²) in [5.41, 5.74) is 3.51. The molecule has 1 aliphatic heterocycles. The predicted molar refractivity (Wildman–Crippen MR) is 106 cm³/mol. The molecule has 0 bridgehead atoms. The minimum atomic E-state index is -0.0480. The molecular weight excluding hydrogens is 332 g/mol. The van der Waals surface area contributed by atoms with E-state index in [4.69, 9.17) is 21.7 Å². The fourth-order valence-electron chi connectivity index (χ4n) is 2.84. The zero-order valence-electron chi connectivity index (χ0n) is 14.9. The highest BCUT2D eigenvalue weighted by molar-refractivity contribution is 7.80. The Labute approximate surface area is 154 Å². The van der Waals surface area contributed by atoms with Crippen LogP contribution in [0, 0.1) is 13.8 Å². The molecule has 3 rings (SSSR count). The lowest BCUT2D eigenvalue weighted by Gasteiger charge is -2.32. The molecule has 0 aromatic heterocycles. The standard InChI is InChI=1S/C20H24N2O2S/c1-4-22(20(25)21-17-9-7-8-14(2)15(17)3)12-16-13-23-18-10-5-6-11-19(18)24-16/h5-11,16H,4,12-13H2,1-3H3,(H,21,25)/t16-/m1/s1. The quantitative estimate of drug-likeness (QED) is 0.832. The average molecular weight is 356 g/mol. The molecule has 1 atom stereocenters. The summed E-state index contributed by atoms with van der Waals surface area (Å²) in [6.07, 6.45) is -0.0480. The minimum Gasteiger partial charge on any atom is -0.486 e. The summed E-state index contributed by atoms with van der Waals surface area (Å²) in [6, 6.07) is 14.0. The second-order valence-electron chi connectivity index (χ2n) is 6.21. The smallest absolute Gasteiger partial charge is 0.173 e. The maximum atomic E-state index is 6.05. The first kappa shape index (κ1) is 17.5. The van der Waals surface area contributed by atoms with E-state index in [1.807, 2.05) is 30.3 Å². The van der Waals surface area contributed by atoms with Gasteiger partial charge in [-0.1, -0.05) is 24.3 Å². The molecular formula is C20H24N2O2S. The van der Waals surface area contributed by atoms with Gasteiger partial charge in [0.1, 0.15) is 6.61 Å². The summed E-state index contributed by atoms with van der Waals surface area (Å²) in [5.74, 6) is 1.60. The highest BCUT2D eigenvalue weighted by Gasteiger charge is 2.23. The summed E-state index contributed by atoms with van der Waals surface area (Å²) in [7, 11) is 0. The van der Waals surface area contributed by atoms with E-state index < -0.39 is 0 Å². The van der Waals surface area contributed by atoms with Gasteiger partial charge >= 0.3 is 0 Å². The van der Waals surface area contributed by atoms with Crippen molar-refractivity contribution in [3.8, 4) is 11.5 Å². The van der Waals surface area contributed by atoms with Crippen molar-refractivity contribution in [1.82, 2.24) is 4.90 Å². The summed E-state index contributed by atoms with van der Waals surface area (Å²) in [5, 5.41) is 4.08. The fourth-order valence-corrected chi connectivity index (χ4v) is 3.15. The lowest BCUT2D eigenvalue weighted by atomic mass is 10.1. The number of hydrogen-bond donors (Lipinski definition) is 1. The number of anilines is 1. The van der Waals surface area contributed by atoms with Crippen LogP contribution in [0.4, 0.5) is 5.69 Å². The third-order valence-corrected chi connectivity index (χ3v) is 4.87. The molecule has 0 unspecified atom stereocenters. The van der Waals surface area contributed by atoms with Crippen molar-refractivity contribution in [2.45, 2.75) is 26.9 Å². The monoisotopic (exact) mass is 356 g/mol. The summed E-state index contributed by atoms with van der Waals surface area (Å²) >= 11 is 5.62. The molecule has 132 valence electrons. The summed E-state index contributed by atoms with van der Waals surface area (Å²) in [4.78, 5) is 2.11. The molecule has 1 N–H and O–H groups in total. The SMILES string of the molecule is CCN(C[C@@H]1COc2ccccc2O1)C(=S)Nc1cccc(C)c1C. The first-order valence-electron chi connectivity index (χ1n) is 8.59. The van der Waals surface area contributed by atoms with Crippen molar-refractivity contribution in [1.29, 1.82) is 0 Å². The van der Waals surface area contributed by atoms with Gasteiger partial charge in [0.05, 0.1) is 6.54 Å². The highest BCUT2D eigenvalue weighted by Crippen LogP contribution is 2.31. The van der Waals surface area contributed by atoms with Crippen LogP contribution >= 0.6 is 12.2 Å². The van der Waals surface area contributed by atoms with Crippen molar-refractivity contribution < 1.29 is 9.47 Å². The minimum absolute atomic E-state index is 0.0480. The molecule has 0 saturated carbocycles. The topological polar surface area (TPSA) is 33.7 Å². The van der Waals surface area contributed by atoms with E-state index in [0.29, 0.717) is 18.3 Å². The number of rotatable bonds is 4. The Morgan fingerprint density at radius 2 is 1.92 bits per heavy atom. The number of hydrogen-bond acceptors (Lipinski definition) is 3. The van der Waals surface area contributed by atoms with Gasteiger partial charge in [-0.3, -0.25) is 0 Å². The zero-order chi connectivity index (χ0) is 17.8. The van der Waals surface area contributed by atoms with Crippen LogP contribution in [0.25, 0.3) is 0 Å². The number of ether oxygens (including phenoxy) is 2. The Kier molecular flexibility index (Phi) is 5.43. The predicted octanol–water partition coefficient (Wildman–Crippen LogP) is 4.16. The number of aryl methyl sites for hydroxylation is 1. The molecule has 0 saturated heterocycles. The van der Waals surface area contributed by atoms with Gasteiger partial charge in [0.2, 0.25) is 0 Å². The molecule has 0 radical (unpaired) electrons. The zero-order valence-corrected chi connectivity index (χ0v) is 15.7. The molecule has 0 amide bonds. The Morgan fingerprint density at radius 1 is 1.16 bits per heavy atom. The van der Waals surface area contributed by atoms with E-state index in [1.165, 1.54) is 11.1 Å². The van der Waals surface area contributed by atoms with Crippen molar-refractivity contribution in [3.05, 3.63) is 53.6 Å². The van der Waals surface area contributed by atoms with Crippen LogP contribution in [0.15, 0.2) is 42.5 Å². The van der Waals surface area contributed by atoms with Gasteiger partial charge in [-0.15, -0.1) is 0 Å². The van der Waals surface area contributed by atoms with Crippen LogP contribution in [0.5, 0.6) is 11.5 Å². The maximum absolute atomic E-state index is 6.05. The lowest BCUT2D eigenvalue weighted by molar-refractivity contribution is 0.0754. The van der Waals surface area contributed by atoms with Crippen LogP contribution in [0.3, 0.4) is 0 Å². The van der Waals surface area contributed by atoms with Crippen LogP contribution in [0.2, 0.25) is 0 Å². The van der Waals surface area contributed by atoms with Crippen LogP contribution in [-0.2, 0) is 0 Å². The molecule has 1 heterocycles. The van der Waals surface area contributed by atoms with Gasteiger partial charge in [0.25, 0.3) is 0 Å². The molecule has 5 heteroatoms. The normalized spacial score (nSPS) is 15.6. The second kappa shape index (κ2) is 7.74. The molecule has 2 aromatic carbocycles. The number of benzene rings is 2. The van der Waals surface area contributed by atoms with E-state index in [0.717, 1.165) is 23.7 Å². The van der Waals surface area contributed by atoms with Gasteiger partial charge in [-0.25, -0.2) is 0 Å². The Balaban J connectivity index is 1.64. The Morgan fingerprint density at radius 3 is 2.68 bits per heavy atom. The van der Waals surface area contributed by atoms with E-state index in [1.54, 1.807) is 0 Å². The number of nitrogens with zero attached hydrogens (tertiary/aromatic N) is 1. The molecule has 2 aromatic rings. The molecule has 4 nitrogen and oxygen atoms in total. The number of fused-ring (bicyclic) bond motifs is 1. The molecule has 0 spiro atoms. The van der Waals surface area contributed by atoms with Gasteiger partial charge < -0.3 is 19.7 Å². The van der Waals surface area contributed by atoms with E-state index in [-0.39, 0.29) is 6.10 Å². The van der Waals surface area contributed by atoms with Crippen molar-refractivity contribution >= 4 is 23.0 Å². The van der Waals surface area contributed by atoms with Gasteiger partial charge in [-0.2, -0.15) is 0 Å². The number of likely N-dealkylation sites (N-methyl/N-ethyl adjacent to an activating group) is 1. The van der Waals surface area contributed by atoms with Gasteiger partial charge in [0.15, 0.2) is 22.7 Å². The largest absolute Gasteiger partial charge is 0.486 e. The first-order valence-corrected chi connectivity index (χ1v) is 9.00. The highest BCUT2D eigenvalue weighted by atomic mass is 32.1. The third kappa shape index (κ3) is 4.04. The summed E-state index contributed by atoms with van der Waals surface area (Å²) < 4.78 is 11.9. The van der Waals surface area contributed by atoms with Gasteiger partial charge in [0, 0.05) is 12.2 Å². The van der Waals surface area contributed by atoms with Crippen molar-refractivity contribution in [2.75, 3.05) is 25.0 Å². The molecule has 0 aliphatic carbocycles. The van der Waals surface area contributed by atoms with Crippen LogP contribution in [-0.4, -0.2) is 35.8 Å². The van der Waals surface area contributed by atoms with E-state index >= 15 is 0 Å². The fraction of sp³-hybridized carbons (Fsp3) is 0.350. The van der Waals surface area contributed by atoms with Crippen molar-refractivity contribution in [3.63, 3.8) is 0 Å². The van der Waals surface area contributed by atoms with Crippen LogP contribution < -0.4 is 14.8 Å². The van der Waals surface area contributed by atoms with E-state index in [2.05, 4.69) is 43.1 Å². The van der Waals surface area contributed by atoms with Crippen LogP contribution in [0.1, 0.15) is 18.1 Å². The average Bonchev–Trinajstić information content (AvgIpc) is 2.63. The van der Waals surface area contributed by atoms with Gasteiger partial charge in [-0.05, 0) is 62.3 Å². The number of para-hydroxylation sites is 2. The lowest BCUT2D eigenvalue weighted by Crippen LogP contribution is -2.45. The maximum Gasteiger partial charge on any atom is 0.173 e.